The molecular formula is C15H22ClIN2O4. The first-order chi connectivity index (χ1) is 10.8. The lowest BCUT2D eigenvalue weighted by Crippen LogP contribution is -2.35. The van der Waals surface area contributed by atoms with Crippen LogP contribution in [0.2, 0.25) is 5.02 Å². The lowest BCUT2D eigenvalue weighted by molar-refractivity contribution is 0.0541. The maximum absolute atomic E-state index is 11.6. The van der Waals surface area contributed by atoms with E-state index in [9.17, 15) is 4.79 Å². The number of alkyl halides is 1. The van der Waals surface area contributed by atoms with Crippen molar-refractivity contribution in [3.05, 3.63) is 23.2 Å². The molecule has 0 fully saturated rings. The van der Waals surface area contributed by atoms with E-state index >= 15 is 0 Å². The molecule has 1 amide bonds. The molecule has 8 heteroatoms. The number of hydrogen-bond acceptors (Lipinski definition) is 5. The molecule has 0 heterocycles. The van der Waals surface area contributed by atoms with Crippen molar-refractivity contribution >= 4 is 46.0 Å². The molecule has 0 spiro atoms. The molecule has 23 heavy (non-hydrogen) atoms. The number of hydrogen-bond donors (Lipinski definition) is 2. The zero-order chi connectivity index (χ0) is 17.3. The van der Waals surface area contributed by atoms with Gasteiger partial charge in [-0.15, -0.1) is 0 Å². The summed E-state index contributed by atoms with van der Waals surface area (Å²) in [6.07, 6.45) is -0.567. The van der Waals surface area contributed by atoms with Crippen LogP contribution in [-0.2, 0) is 9.47 Å². The van der Waals surface area contributed by atoms with Crippen LogP contribution >= 0.6 is 34.2 Å². The maximum Gasteiger partial charge on any atom is 0.426 e. The highest BCUT2D eigenvalue weighted by molar-refractivity contribution is 14.1. The van der Waals surface area contributed by atoms with Gasteiger partial charge in [0, 0.05) is 10.5 Å². The van der Waals surface area contributed by atoms with Gasteiger partial charge in [0.1, 0.15) is 18.0 Å². The van der Waals surface area contributed by atoms with E-state index < -0.39 is 11.7 Å². The van der Waals surface area contributed by atoms with Crippen LogP contribution in [0.5, 0.6) is 5.75 Å². The highest BCUT2D eigenvalue weighted by Gasteiger charge is 2.15. The maximum atomic E-state index is 11.6. The third-order valence-corrected chi connectivity index (χ3v) is 3.10. The molecule has 0 saturated carbocycles. The smallest absolute Gasteiger partial charge is 0.426 e. The number of benzene rings is 1. The van der Waals surface area contributed by atoms with E-state index in [2.05, 4.69) is 33.4 Å². The Bertz CT molecular complexity index is 509. The van der Waals surface area contributed by atoms with Gasteiger partial charge in [-0.05, 0) is 32.9 Å². The van der Waals surface area contributed by atoms with Crippen molar-refractivity contribution < 1.29 is 19.0 Å². The summed E-state index contributed by atoms with van der Waals surface area (Å²) < 4.78 is 17.0. The third-order valence-electron chi connectivity index (χ3n) is 2.35. The van der Waals surface area contributed by atoms with Gasteiger partial charge >= 0.3 is 6.09 Å². The molecule has 0 radical (unpaired) electrons. The standard InChI is InChI=1S/C15H22ClIN2O4/c1-15(2,3)23-14(20)19-18-11-4-5-12(16)13(10-11)22-9-8-21-7-6-17/h4-5,10,18H,6-9H2,1-3H3,(H,19,20). The number of nitrogens with one attached hydrogen (secondary N) is 2. The molecule has 130 valence electrons. The molecule has 2 N–H and O–H groups in total. The second kappa shape index (κ2) is 10.0. The Hall–Kier alpha value is -0.930. The minimum Gasteiger partial charge on any atom is -0.490 e. The summed E-state index contributed by atoms with van der Waals surface area (Å²) in [6.45, 7) is 6.97. The molecule has 0 aliphatic heterocycles. The third kappa shape index (κ3) is 9.07. The van der Waals surface area contributed by atoms with Crippen LogP contribution < -0.4 is 15.6 Å². The fourth-order valence-corrected chi connectivity index (χ4v) is 1.97. The first-order valence-electron chi connectivity index (χ1n) is 7.13. The van der Waals surface area contributed by atoms with Crippen molar-refractivity contribution in [3.63, 3.8) is 0 Å². The summed E-state index contributed by atoms with van der Waals surface area (Å²) in [4.78, 5) is 11.6. The van der Waals surface area contributed by atoms with Crippen LogP contribution in [-0.4, -0.2) is 35.9 Å². The first kappa shape index (κ1) is 20.1. The summed E-state index contributed by atoms with van der Waals surface area (Å²) >= 11 is 8.32. The zero-order valence-corrected chi connectivity index (χ0v) is 16.4. The van der Waals surface area contributed by atoms with Gasteiger partial charge in [0.15, 0.2) is 0 Å². The van der Waals surface area contributed by atoms with Gasteiger partial charge in [0.25, 0.3) is 0 Å². The Morgan fingerprint density at radius 2 is 2.00 bits per heavy atom. The molecule has 0 aliphatic rings. The summed E-state index contributed by atoms with van der Waals surface area (Å²) in [5.41, 5.74) is 5.27. The Balaban J connectivity index is 2.48. The van der Waals surface area contributed by atoms with E-state index in [1.807, 2.05) is 0 Å². The van der Waals surface area contributed by atoms with Crippen LogP contribution in [0.15, 0.2) is 18.2 Å². The van der Waals surface area contributed by atoms with Gasteiger partial charge in [-0.1, -0.05) is 34.2 Å². The molecule has 6 nitrogen and oxygen atoms in total. The van der Waals surface area contributed by atoms with Crippen molar-refractivity contribution in [1.29, 1.82) is 0 Å². The monoisotopic (exact) mass is 456 g/mol. The first-order valence-corrected chi connectivity index (χ1v) is 9.03. The predicted octanol–water partition coefficient (Wildman–Crippen LogP) is 4.02. The lowest BCUT2D eigenvalue weighted by Gasteiger charge is -2.20. The lowest BCUT2D eigenvalue weighted by atomic mass is 10.2. The van der Waals surface area contributed by atoms with E-state index in [0.717, 1.165) is 4.43 Å². The highest BCUT2D eigenvalue weighted by Crippen LogP contribution is 2.27. The number of amides is 1. The van der Waals surface area contributed by atoms with Gasteiger partial charge in [-0.3, -0.25) is 5.43 Å². The van der Waals surface area contributed by atoms with Gasteiger partial charge in [-0.25, -0.2) is 10.2 Å². The summed E-state index contributed by atoms with van der Waals surface area (Å²) in [5, 5.41) is 0.488. The summed E-state index contributed by atoms with van der Waals surface area (Å²) in [7, 11) is 0. The summed E-state index contributed by atoms with van der Waals surface area (Å²) in [6, 6.07) is 5.10. The number of carbonyl (C=O) groups is 1. The van der Waals surface area contributed by atoms with E-state index in [-0.39, 0.29) is 0 Å². The topological polar surface area (TPSA) is 68.8 Å². The van der Waals surface area contributed by atoms with Gasteiger partial charge in [0.2, 0.25) is 0 Å². The van der Waals surface area contributed by atoms with Crippen molar-refractivity contribution in [1.82, 2.24) is 5.43 Å². The molecule has 0 bridgehead atoms. The molecule has 1 aromatic rings. The van der Waals surface area contributed by atoms with Crippen molar-refractivity contribution in [3.8, 4) is 5.75 Å². The van der Waals surface area contributed by atoms with E-state index in [1.165, 1.54) is 0 Å². The normalized spacial score (nSPS) is 11.0. The number of carbonyl (C=O) groups excluding carboxylic acids is 1. The van der Waals surface area contributed by atoms with Crippen LogP contribution in [0.1, 0.15) is 20.8 Å². The molecule has 1 rings (SSSR count). The van der Waals surface area contributed by atoms with Crippen molar-refractivity contribution in [2.24, 2.45) is 0 Å². The summed E-state index contributed by atoms with van der Waals surface area (Å²) in [5.74, 6) is 0.515. The van der Waals surface area contributed by atoms with Gasteiger partial charge in [-0.2, -0.15) is 0 Å². The largest absolute Gasteiger partial charge is 0.490 e. The number of ether oxygens (including phenoxy) is 3. The second-order valence-corrected chi connectivity index (χ2v) is 7.03. The van der Waals surface area contributed by atoms with Gasteiger partial charge in [0.05, 0.1) is 23.9 Å². The average molecular weight is 457 g/mol. The number of halogens is 2. The SMILES string of the molecule is CC(C)(C)OC(=O)NNc1ccc(Cl)c(OCCOCCI)c1. The minimum absolute atomic E-state index is 0.402. The Morgan fingerprint density at radius 3 is 2.65 bits per heavy atom. The highest BCUT2D eigenvalue weighted by atomic mass is 127. The van der Waals surface area contributed by atoms with E-state index in [1.54, 1.807) is 39.0 Å². The quantitative estimate of drug-likeness (QED) is 0.268. The number of anilines is 1. The molecule has 0 atom stereocenters. The molecule has 0 aromatic heterocycles. The van der Waals surface area contributed by atoms with Gasteiger partial charge < -0.3 is 14.2 Å². The Morgan fingerprint density at radius 1 is 1.26 bits per heavy atom. The average Bonchev–Trinajstić information content (AvgIpc) is 2.45. The predicted molar refractivity (Wildman–Crippen MR) is 99.6 cm³/mol. The Labute approximate surface area is 155 Å². The zero-order valence-electron chi connectivity index (χ0n) is 13.4. The number of hydrazine groups is 1. The van der Waals surface area contributed by atoms with E-state index in [4.69, 9.17) is 25.8 Å². The van der Waals surface area contributed by atoms with Crippen LogP contribution in [0.3, 0.4) is 0 Å². The minimum atomic E-state index is -0.567. The second-order valence-electron chi connectivity index (χ2n) is 5.55. The molecular weight excluding hydrogens is 435 g/mol. The van der Waals surface area contributed by atoms with Crippen LogP contribution in [0, 0.1) is 0 Å². The fourth-order valence-electron chi connectivity index (χ4n) is 1.49. The molecule has 0 aliphatic carbocycles. The van der Waals surface area contributed by atoms with Crippen LogP contribution in [0.25, 0.3) is 0 Å². The number of rotatable bonds is 8. The van der Waals surface area contributed by atoms with Crippen molar-refractivity contribution in [2.75, 3.05) is 29.7 Å². The van der Waals surface area contributed by atoms with E-state index in [0.29, 0.717) is 36.3 Å². The van der Waals surface area contributed by atoms with Crippen LogP contribution in [0.4, 0.5) is 10.5 Å². The fraction of sp³-hybridized carbons (Fsp3) is 0.533. The molecule has 0 unspecified atom stereocenters. The Kier molecular flexibility index (Phi) is 8.78. The van der Waals surface area contributed by atoms with Crippen molar-refractivity contribution in [2.45, 2.75) is 26.4 Å². The molecule has 1 aromatic carbocycles. The molecule has 0 saturated heterocycles.